The largest absolute Gasteiger partial charge is 0.488 e. The molecule has 0 radical (unpaired) electrons. The van der Waals surface area contributed by atoms with Gasteiger partial charge in [-0.25, -0.2) is 8.78 Å². The van der Waals surface area contributed by atoms with Crippen molar-refractivity contribution >= 4 is 11.6 Å². The highest BCUT2D eigenvalue weighted by Crippen LogP contribution is 2.52. The monoisotopic (exact) mass is 496 g/mol. The van der Waals surface area contributed by atoms with Crippen LogP contribution in [0.3, 0.4) is 0 Å². The number of ether oxygens (including phenoxy) is 2. The molecular weight excluding hydrogens is 474 g/mol. The standard InChI is InChI=1S/C27H23ClF2N2O3/c28-25-19(29)13-21-18(24(25)23-16(15-31)8-9-20(26(23)30)34-12-11-33)14-27(35-21,22-7-4-10-32-22)17-5-2-1-3-6-17/h1-3,5-6,8-9,13,22,32-33H,4,7,10-12,14H2/t22-,27-/m0/s1. The molecule has 2 atom stereocenters. The summed E-state index contributed by atoms with van der Waals surface area (Å²) in [5, 5.41) is 22.1. The van der Waals surface area contributed by atoms with E-state index in [1.165, 1.54) is 18.2 Å². The van der Waals surface area contributed by atoms with Gasteiger partial charge in [0.15, 0.2) is 17.2 Å². The number of halogens is 3. The lowest BCUT2D eigenvalue weighted by molar-refractivity contribution is 0.0539. The molecule has 2 heterocycles. The average molecular weight is 497 g/mol. The van der Waals surface area contributed by atoms with Crippen molar-refractivity contribution in [2.45, 2.75) is 30.9 Å². The highest BCUT2D eigenvalue weighted by molar-refractivity contribution is 6.34. The number of aliphatic hydroxyl groups excluding tert-OH is 1. The third-order valence-electron chi connectivity index (χ3n) is 6.73. The second kappa shape index (κ2) is 9.46. The van der Waals surface area contributed by atoms with Crippen molar-refractivity contribution in [3.05, 3.63) is 81.9 Å². The van der Waals surface area contributed by atoms with Gasteiger partial charge in [0.1, 0.15) is 18.2 Å². The minimum absolute atomic E-state index is 0.00949. The van der Waals surface area contributed by atoms with Gasteiger partial charge in [0.25, 0.3) is 0 Å². The number of hydrogen-bond acceptors (Lipinski definition) is 5. The first-order valence-corrected chi connectivity index (χ1v) is 11.8. The minimum atomic E-state index is -0.847. The average Bonchev–Trinajstić information content (AvgIpc) is 3.54. The van der Waals surface area contributed by atoms with Crippen LogP contribution in [0.2, 0.25) is 5.02 Å². The fourth-order valence-corrected chi connectivity index (χ4v) is 5.45. The maximum Gasteiger partial charge on any atom is 0.174 e. The molecule has 35 heavy (non-hydrogen) atoms. The van der Waals surface area contributed by atoms with E-state index in [0.717, 1.165) is 24.9 Å². The zero-order chi connectivity index (χ0) is 24.6. The topological polar surface area (TPSA) is 74.5 Å². The quantitative estimate of drug-likeness (QED) is 0.496. The van der Waals surface area contributed by atoms with Gasteiger partial charge in [-0.2, -0.15) is 5.26 Å². The molecule has 8 heteroatoms. The van der Waals surface area contributed by atoms with Gasteiger partial charge in [-0.15, -0.1) is 0 Å². The maximum absolute atomic E-state index is 15.7. The van der Waals surface area contributed by atoms with E-state index < -0.39 is 17.2 Å². The number of hydrogen-bond donors (Lipinski definition) is 2. The lowest BCUT2D eigenvalue weighted by Crippen LogP contribution is -2.48. The fraction of sp³-hybridized carbons (Fsp3) is 0.296. The second-order valence-corrected chi connectivity index (χ2v) is 9.07. The molecule has 0 unspecified atom stereocenters. The van der Waals surface area contributed by atoms with Gasteiger partial charge in [0.05, 0.1) is 29.3 Å². The first-order valence-electron chi connectivity index (χ1n) is 11.5. The Kier molecular flexibility index (Phi) is 6.37. The van der Waals surface area contributed by atoms with Crippen LogP contribution in [0.5, 0.6) is 11.5 Å². The van der Waals surface area contributed by atoms with Crippen LogP contribution < -0.4 is 14.8 Å². The molecule has 0 aliphatic carbocycles. The molecule has 0 bridgehead atoms. The third-order valence-corrected chi connectivity index (χ3v) is 7.10. The molecule has 0 amide bonds. The molecule has 3 aromatic carbocycles. The Balaban J connectivity index is 1.73. The lowest BCUT2D eigenvalue weighted by atomic mass is 9.80. The first kappa shape index (κ1) is 23.6. The number of rotatable bonds is 6. The summed E-state index contributed by atoms with van der Waals surface area (Å²) in [4.78, 5) is 0. The fourth-order valence-electron chi connectivity index (χ4n) is 5.18. The van der Waals surface area contributed by atoms with Crippen molar-refractivity contribution < 1.29 is 23.4 Å². The van der Waals surface area contributed by atoms with Crippen LogP contribution in [-0.4, -0.2) is 30.9 Å². The molecule has 2 aliphatic heterocycles. The van der Waals surface area contributed by atoms with Crippen LogP contribution >= 0.6 is 11.6 Å². The van der Waals surface area contributed by atoms with Crippen LogP contribution in [0.4, 0.5) is 8.78 Å². The number of nitriles is 1. The number of benzene rings is 3. The normalized spacial score (nSPS) is 20.8. The predicted octanol–water partition coefficient (Wildman–Crippen LogP) is 5.11. The van der Waals surface area contributed by atoms with Gasteiger partial charge in [-0.3, -0.25) is 0 Å². The minimum Gasteiger partial charge on any atom is -0.488 e. The number of fused-ring (bicyclic) bond motifs is 1. The van der Waals surface area contributed by atoms with Gasteiger partial charge in [-0.05, 0) is 37.1 Å². The summed E-state index contributed by atoms with van der Waals surface area (Å²) in [5.41, 5.74) is 0.532. The van der Waals surface area contributed by atoms with E-state index in [1.807, 2.05) is 36.4 Å². The number of nitrogens with zero attached hydrogens (tertiary/aromatic N) is 1. The van der Waals surface area contributed by atoms with E-state index in [1.54, 1.807) is 0 Å². The molecule has 5 rings (SSSR count). The van der Waals surface area contributed by atoms with E-state index in [0.29, 0.717) is 12.0 Å². The Morgan fingerprint density at radius 1 is 1.20 bits per heavy atom. The van der Waals surface area contributed by atoms with Crippen molar-refractivity contribution in [2.75, 3.05) is 19.8 Å². The van der Waals surface area contributed by atoms with Crippen LogP contribution in [0, 0.1) is 23.0 Å². The van der Waals surface area contributed by atoms with E-state index in [-0.39, 0.29) is 52.5 Å². The summed E-state index contributed by atoms with van der Waals surface area (Å²) in [5.74, 6) is -1.51. The van der Waals surface area contributed by atoms with Crippen LogP contribution in [0.15, 0.2) is 48.5 Å². The summed E-state index contributed by atoms with van der Waals surface area (Å²) in [6, 6.07) is 15.6. The predicted molar refractivity (Wildman–Crippen MR) is 128 cm³/mol. The summed E-state index contributed by atoms with van der Waals surface area (Å²) in [6.45, 7) is 0.385. The van der Waals surface area contributed by atoms with Gasteiger partial charge in [-0.1, -0.05) is 41.9 Å². The Bertz CT molecular complexity index is 1310. The van der Waals surface area contributed by atoms with Crippen LogP contribution in [-0.2, 0) is 12.0 Å². The zero-order valence-corrected chi connectivity index (χ0v) is 19.5. The molecule has 0 saturated carbocycles. The van der Waals surface area contributed by atoms with Crippen molar-refractivity contribution in [1.29, 1.82) is 5.26 Å². The van der Waals surface area contributed by atoms with E-state index >= 15 is 8.78 Å². The van der Waals surface area contributed by atoms with E-state index in [4.69, 9.17) is 26.2 Å². The van der Waals surface area contributed by atoms with Crippen molar-refractivity contribution in [2.24, 2.45) is 0 Å². The molecule has 5 nitrogen and oxygen atoms in total. The molecule has 1 fully saturated rings. The SMILES string of the molecule is N#Cc1ccc(OCCO)c(F)c1-c1c(Cl)c(F)cc2c1C[C@](c1ccccc1)([C@@H]1CCCN1)O2. The number of nitrogens with one attached hydrogen (secondary N) is 1. The molecule has 0 aromatic heterocycles. The Hall–Kier alpha value is -3.18. The smallest absolute Gasteiger partial charge is 0.174 e. The van der Waals surface area contributed by atoms with E-state index in [2.05, 4.69) is 5.32 Å². The summed E-state index contributed by atoms with van der Waals surface area (Å²) < 4.78 is 42.7. The van der Waals surface area contributed by atoms with Gasteiger partial charge < -0.3 is 19.9 Å². The van der Waals surface area contributed by atoms with Crippen LogP contribution in [0.1, 0.15) is 29.5 Å². The molecule has 180 valence electrons. The van der Waals surface area contributed by atoms with Gasteiger partial charge in [0.2, 0.25) is 0 Å². The summed E-state index contributed by atoms with van der Waals surface area (Å²) in [6.07, 6.45) is 2.14. The second-order valence-electron chi connectivity index (χ2n) is 8.69. The molecular formula is C27H23ClF2N2O3. The maximum atomic E-state index is 15.7. The van der Waals surface area contributed by atoms with Crippen molar-refractivity contribution in [1.82, 2.24) is 5.32 Å². The highest BCUT2D eigenvalue weighted by Gasteiger charge is 2.50. The first-order chi connectivity index (χ1) is 17.0. The molecule has 0 spiro atoms. The highest BCUT2D eigenvalue weighted by atomic mass is 35.5. The van der Waals surface area contributed by atoms with Crippen molar-refractivity contribution in [3.8, 4) is 28.7 Å². The van der Waals surface area contributed by atoms with Crippen molar-refractivity contribution in [3.63, 3.8) is 0 Å². The Morgan fingerprint density at radius 2 is 2.00 bits per heavy atom. The Morgan fingerprint density at radius 3 is 2.69 bits per heavy atom. The zero-order valence-electron chi connectivity index (χ0n) is 18.8. The molecule has 3 aromatic rings. The third kappa shape index (κ3) is 3.92. The van der Waals surface area contributed by atoms with Gasteiger partial charge >= 0.3 is 0 Å². The molecule has 2 N–H and O–H groups in total. The number of aliphatic hydroxyl groups is 1. The molecule has 2 aliphatic rings. The molecule has 1 saturated heterocycles. The van der Waals surface area contributed by atoms with Gasteiger partial charge in [0, 0.05) is 29.2 Å². The Labute approximate surface area is 206 Å². The van der Waals surface area contributed by atoms with E-state index in [9.17, 15) is 5.26 Å². The summed E-state index contributed by atoms with van der Waals surface area (Å²) >= 11 is 6.46. The van der Waals surface area contributed by atoms with Crippen LogP contribution in [0.25, 0.3) is 11.1 Å². The summed E-state index contributed by atoms with van der Waals surface area (Å²) in [7, 11) is 0. The lowest BCUT2D eigenvalue weighted by Gasteiger charge is -2.35.